The number of para-hydroxylation sites is 2. The number of benzene rings is 2. The monoisotopic (exact) mass is 288 g/mol. The average molecular weight is 288 g/mol. The number of anilines is 1. The SMILES string of the molecule is COc1ccc(OC)c(CNc2ccccc2[N+](=O)[O-])c1. The summed E-state index contributed by atoms with van der Waals surface area (Å²) in [5, 5.41) is 14.0. The van der Waals surface area contributed by atoms with Gasteiger partial charge in [-0.15, -0.1) is 0 Å². The van der Waals surface area contributed by atoms with Crippen LogP contribution in [0.2, 0.25) is 0 Å². The lowest BCUT2D eigenvalue weighted by Gasteiger charge is -2.12. The molecule has 6 nitrogen and oxygen atoms in total. The van der Waals surface area contributed by atoms with E-state index in [9.17, 15) is 10.1 Å². The van der Waals surface area contributed by atoms with E-state index in [2.05, 4.69) is 5.32 Å². The summed E-state index contributed by atoms with van der Waals surface area (Å²) in [6, 6.07) is 12.0. The van der Waals surface area contributed by atoms with E-state index in [1.54, 1.807) is 44.6 Å². The Morgan fingerprint density at radius 3 is 2.57 bits per heavy atom. The lowest BCUT2D eigenvalue weighted by molar-refractivity contribution is -0.384. The zero-order valence-corrected chi connectivity index (χ0v) is 11.8. The fraction of sp³-hybridized carbons (Fsp3) is 0.200. The molecule has 0 saturated carbocycles. The highest BCUT2D eigenvalue weighted by Crippen LogP contribution is 2.27. The van der Waals surface area contributed by atoms with E-state index in [1.165, 1.54) is 6.07 Å². The first-order valence-electron chi connectivity index (χ1n) is 6.34. The van der Waals surface area contributed by atoms with Crippen molar-refractivity contribution in [3.8, 4) is 11.5 Å². The molecule has 0 spiro atoms. The first kappa shape index (κ1) is 14.6. The molecule has 110 valence electrons. The van der Waals surface area contributed by atoms with Crippen molar-refractivity contribution in [3.05, 3.63) is 58.1 Å². The topological polar surface area (TPSA) is 73.6 Å². The molecule has 2 aromatic rings. The van der Waals surface area contributed by atoms with Crippen molar-refractivity contribution in [2.24, 2.45) is 0 Å². The number of ether oxygens (including phenoxy) is 2. The number of hydrogen-bond acceptors (Lipinski definition) is 5. The van der Waals surface area contributed by atoms with Gasteiger partial charge in [-0.2, -0.15) is 0 Å². The van der Waals surface area contributed by atoms with Crippen molar-refractivity contribution in [2.45, 2.75) is 6.54 Å². The molecule has 0 bridgehead atoms. The summed E-state index contributed by atoms with van der Waals surface area (Å²) in [6.45, 7) is 0.394. The zero-order chi connectivity index (χ0) is 15.2. The van der Waals surface area contributed by atoms with Gasteiger partial charge >= 0.3 is 0 Å². The molecule has 0 amide bonds. The van der Waals surface area contributed by atoms with E-state index in [-0.39, 0.29) is 5.69 Å². The predicted molar refractivity (Wildman–Crippen MR) is 80.0 cm³/mol. The summed E-state index contributed by atoms with van der Waals surface area (Å²) in [5.74, 6) is 1.40. The summed E-state index contributed by atoms with van der Waals surface area (Å²) >= 11 is 0. The number of nitrogens with zero attached hydrogens (tertiary/aromatic N) is 1. The molecule has 0 atom stereocenters. The van der Waals surface area contributed by atoms with Crippen LogP contribution in [-0.2, 0) is 6.54 Å². The van der Waals surface area contributed by atoms with Crippen molar-refractivity contribution in [3.63, 3.8) is 0 Å². The first-order valence-corrected chi connectivity index (χ1v) is 6.34. The minimum Gasteiger partial charge on any atom is -0.497 e. The van der Waals surface area contributed by atoms with E-state index >= 15 is 0 Å². The quantitative estimate of drug-likeness (QED) is 0.652. The Morgan fingerprint density at radius 2 is 1.90 bits per heavy atom. The van der Waals surface area contributed by atoms with Gasteiger partial charge in [0.15, 0.2) is 0 Å². The number of nitro benzene ring substituents is 1. The van der Waals surface area contributed by atoms with Crippen LogP contribution in [-0.4, -0.2) is 19.1 Å². The van der Waals surface area contributed by atoms with Gasteiger partial charge in [-0.05, 0) is 24.3 Å². The first-order chi connectivity index (χ1) is 10.2. The molecule has 0 unspecified atom stereocenters. The van der Waals surface area contributed by atoms with Crippen LogP contribution >= 0.6 is 0 Å². The molecule has 0 aliphatic carbocycles. The standard InChI is InChI=1S/C15H16N2O4/c1-20-12-7-8-15(21-2)11(9-12)10-16-13-5-3-4-6-14(13)17(18)19/h3-9,16H,10H2,1-2H3. The molecule has 1 N–H and O–H groups in total. The number of hydrogen-bond donors (Lipinski definition) is 1. The van der Waals surface area contributed by atoms with Crippen LogP contribution in [0, 0.1) is 10.1 Å². The molecule has 0 aromatic heterocycles. The Labute approximate surface area is 122 Å². The number of rotatable bonds is 6. The normalized spacial score (nSPS) is 10.0. The molecular formula is C15H16N2O4. The third-order valence-electron chi connectivity index (χ3n) is 3.06. The van der Waals surface area contributed by atoms with E-state index < -0.39 is 4.92 Å². The van der Waals surface area contributed by atoms with Gasteiger partial charge in [0.2, 0.25) is 0 Å². The van der Waals surface area contributed by atoms with Gasteiger partial charge in [-0.25, -0.2) is 0 Å². The molecule has 2 rings (SSSR count). The van der Waals surface area contributed by atoms with Crippen LogP contribution in [0.5, 0.6) is 11.5 Å². The van der Waals surface area contributed by atoms with Crippen LogP contribution < -0.4 is 14.8 Å². The molecule has 2 aromatic carbocycles. The molecule has 0 aliphatic rings. The van der Waals surface area contributed by atoms with Crippen LogP contribution in [0.3, 0.4) is 0 Å². The van der Waals surface area contributed by atoms with Gasteiger partial charge < -0.3 is 14.8 Å². The maximum absolute atomic E-state index is 11.0. The van der Waals surface area contributed by atoms with Crippen molar-refractivity contribution >= 4 is 11.4 Å². The summed E-state index contributed by atoms with van der Waals surface area (Å²) in [6.07, 6.45) is 0. The Hall–Kier alpha value is -2.76. The van der Waals surface area contributed by atoms with E-state index in [0.29, 0.717) is 23.7 Å². The van der Waals surface area contributed by atoms with E-state index in [1.807, 2.05) is 6.07 Å². The van der Waals surface area contributed by atoms with E-state index in [0.717, 1.165) is 5.56 Å². The summed E-state index contributed by atoms with van der Waals surface area (Å²) in [4.78, 5) is 10.6. The molecule has 0 radical (unpaired) electrons. The van der Waals surface area contributed by atoms with E-state index in [4.69, 9.17) is 9.47 Å². The number of methoxy groups -OCH3 is 2. The van der Waals surface area contributed by atoms with Gasteiger partial charge in [-0.3, -0.25) is 10.1 Å². The van der Waals surface area contributed by atoms with Crippen molar-refractivity contribution < 1.29 is 14.4 Å². The largest absolute Gasteiger partial charge is 0.497 e. The minimum absolute atomic E-state index is 0.0411. The average Bonchev–Trinajstić information content (AvgIpc) is 2.52. The maximum atomic E-state index is 11.0. The molecule has 0 saturated heterocycles. The second-order valence-electron chi connectivity index (χ2n) is 4.31. The van der Waals surface area contributed by atoms with Crippen LogP contribution in [0.25, 0.3) is 0 Å². The van der Waals surface area contributed by atoms with Crippen molar-refractivity contribution in [2.75, 3.05) is 19.5 Å². The fourth-order valence-electron chi connectivity index (χ4n) is 1.99. The molecule has 6 heteroatoms. The molecule has 0 aliphatic heterocycles. The van der Waals surface area contributed by atoms with Gasteiger partial charge in [0.1, 0.15) is 17.2 Å². The van der Waals surface area contributed by atoms with Crippen molar-refractivity contribution in [1.82, 2.24) is 0 Å². The summed E-state index contributed by atoms with van der Waals surface area (Å²) in [7, 11) is 3.16. The van der Waals surface area contributed by atoms with Gasteiger partial charge in [0, 0.05) is 18.2 Å². The Bertz CT molecular complexity index is 643. The maximum Gasteiger partial charge on any atom is 0.292 e. The number of nitro groups is 1. The van der Waals surface area contributed by atoms with Crippen LogP contribution in [0.1, 0.15) is 5.56 Å². The molecular weight excluding hydrogens is 272 g/mol. The molecule has 0 fully saturated rings. The predicted octanol–water partition coefficient (Wildman–Crippen LogP) is 3.22. The zero-order valence-electron chi connectivity index (χ0n) is 11.8. The lowest BCUT2D eigenvalue weighted by atomic mass is 10.1. The van der Waals surface area contributed by atoms with Crippen molar-refractivity contribution in [1.29, 1.82) is 0 Å². The highest BCUT2D eigenvalue weighted by atomic mass is 16.6. The third-order valence-corrected chi connectivity index (χ3v) is 3.06. The Morgan fingerprint density at radius 1 is 1.14 bits per heavy atom. The third kappa shape index (κ3) is 3.42. The van der Waals surface area contributed by atoms with Gasteiger partial charge in [0.05, 0.1) is 19.1 Å². The lowest BCUT2D eigenvalue weighted by Crippen LogP contribution is -2.04. The Kier molecular flexibility index (Phi) is 4.61. The molecule has 21 heavy (non-hydrogen) atoms. The minimum atomic E-state index is -0.412. The second-order valence-corrected chi connectivity index (χ2v) is 4.31. The summed E-state index contributed by atoms with van der Waals surface area (Å²) < 4.78 is 10.5. The van der Waals surface area contributed by atoms with Gasteiger partial charge in [0.25, 0.3) is 5.69 Å². The smallest absolute Gasteiger partial charge is 0.292 e. The second kappa shape index (κ2) is 6.60. The van der Waals surface area contributed by atoms with Gasteiger partial charge in [-0.1, -0.05) is 12.1 Å². The highest BCUT2D eigenvalue weighted by Gasteiger charge is 2.13. The Balaban J connectivity index is 2.22. The fourth-order valence-corrected chi connectivity index (χ4v) is 1.99. The molecule has 0 heterocycles. The number of nitrogens with one attached hydrogen (secondary N) is 1. The highest BCUT2D eigenvalue weighted by molar-refractivity contribution is 5.61. The van der Waals surface area contributed by atoms with Crippen LogP contribution in [0.4, 0.5) is 11.4 Å². The van der Waals surface area contributed by atoms with Crippen LogP contribution in [0.15, 0.2) is 42.5 Å². The summed E-state index contributed by atoms with van der Waals surface area (Å²) in [5.41, 5.74) is 1.36.